The molecule has 1 spiro atoms. The van der Waals surface area contributed by atoms with Gasteiger partial charge in [0.2, 0.25) is 5.91 Å². The molecule has 2 aliphatic rings. The van der Waals surface area contributed by atoms with Crippen molar-refractivity contribution in [1.29, 1.82) is 0 Å². The number of nitrogens with zero attached hydrogens (tertiary/aromatic N) is 3. The summed E-state index contributed by atoms with van der Waals surface area (Å²) in [6.45, 7) is 6.13. The predicted octanol–water partition coefficient (Wildman–Crippen LogP) is 4.77. The third kappa shape index (κ3) is 7.31. The number of carbonyl (C=O) groups excluding carboxylic acids is 1. The maximum absolute atomic E-state index is 12.8. The molecule has 2 saturated heterocycles. The molecular weight excluding hydrogens is 507 g/mol. The quantitative estimate of drug-likeness (QED) is 0.576. The van der Waals surface area contributed by atoms with Gasteiger partial charge in [-0.25, -0.2) is 9.78 Å². The van der Waals surface area contributed by atoms with Crippen LogP contribution < -0.4 is 4.74 Å². The number of halogens is 4. The molecule has 0 radical (unpaired) electrons. The van der Waals surface area contributed by atoms with Gasteiger partial charge in [0.05, 0.1) is 23.1 Å². The molecule has 2 fully saturated rings. The number of benzene rings is 1. The van der Waals surface area contributed by atoms with Crippen LogP contribution in [0.15, 0.2) is 30.5 Å². The van der Waals surface area contributed by atoms with Gasteiger partial charge < -0.3 is 14.7 Å². The van der Waals surface area contributed by atoms with E-state index in [9.17, 15) is 18.0 Å². The van der Waals surface area contributed by atoms with Crippen LogP contribution in [0.1, 0.15) is 35.6 Å². The smallest absolute Gasteiger partial charge is 0.490 e. The molecule has 1 amide bonds. The number of thiazole rings is 1. The summed E-state index contributed by atoms with van der Waals surface area (Å²) in [6, 6.07) is 7.37. The first kappa shape index (κ1) is 27.2. The Hall–Kier alpha value is -2.37. The van der Waals surface area contributed by atoms with E-state index in [0.717, 1.165) is 37.6 Å². The number of carboxylic acids is 1. The molecule has 7 nitrogen and oxygen atoms in total. The van der Waals surface area contributed by atoms with Crippen LogP contribution in [0.2, 0.25) is 5.02 Å². The van der Waals surface area contributed by atoms with Crippen molar-refractivity contribution < 1.29 is 32.6 Å². The average Bonchev–Trinajstić information content (AvgIpc) is 3.22. The monoisotopic (exact) mass is 533 g/mol. The maximum Gasteiger partial charge on any atom is 0.490 e. The molecule has 2 aliphatic heterocycles. The van der Waals surface area contributed by atoms with Crippen LogP contribution in [-0.4, -0.2) is 69.7 Å². The maximum atomic E-state index is 12.8. The van der Waals surface area contributed by atoms with Crippen LogP contribution in [-0.2, 0) is 16.1 Å². The Bertz CT molecular complexity index is 1040. The molecule has 1 N–H and O–H groups in total. The third-order valence-electron chi connectivity index (χ3n) is 6.09. The Balaban J connectivity index is 0.000000429. The lowest BCUT2D eigenvalue weighted by atomic mass is 9.77. The second kappa shape index (κ2) is 11.6. The summed E-state index contributed by atoms with van der Waals surface area (Å²) in [7, 11) is 0. The fourth-order valence-corrected chi connectivity index (χ4v) is 5.26. The zero-order valence-electron chi connectivity index (χ0n) is 19.2. The summed E-state index contributed by atoms with van der Waals surface area (Å²) in [5, 5.41) is 8.82. The number of ether oxygens (including phenoxy) is 1. The van der Waals surface area contributed by atoms with Crippen LogP contribution in [0, 0.1) is 6.92 Å². The van der Waals surface area contributed by atoms with E-state index >= 15 is 0 Å². The van der Waals surface area contributed by atoms with Gasteiger partial charge >= 0.3 is 12.1 Å². The second-order valence-corrected chi connectivity index (χ2v) is 10.2. The minimum absolute atomic E-state index is 0.148. The Labute approximate surface area is 210 Å². The number of para-hydroxylation sites is 1. The van der Waals surface area contributed by atoms with Gasteiger partial charge in [0.15, 0.2) is 0 Å². The van der Waals surface area contributed by atoms with E-state index in [0.29, 0.717) is 23.8 Å². The average molecular weight is 534 g/mol. The SMILES string of the molecule is Cc1ncc(CN2CCC23CCCN(C(=O)CCOc2ccccc2Cl)C3)s1.O=C(O)C(F)(F)F. The molecule has 192 valence electrons. The van der Waals surface area contributed by atoms with E-state index < -0.39 is 12.1 Å². The largest absolute Gasteiger partial charge is 0.491 e. The van der Waals surface area contributed by atoms with Gasteiger partial charge in [-0.1, -0.05) is 23.7 Å². The van der Waals surface area contributed by atoms with Gasteiger partial charge in [0, 0.05) is 42.8 Å². The topological polar surface area (TPSA) is 83.0 Å². The summed E-state index contributed by atoms with van der Waals surface area (Å²) in [5.41, 5.74) is 0.148. The first-order chi connectivity index (χ1) is 16.5. The Morgan fingerprint density at radius 1 is 1.26 bits per heavy atom. The highest BCUT2D eigenvalue weighted by molar-refractivity contribution is 7.11. The highest BCUT2D eigenvalue weighted by atomic mass is 35.5. The fourth-order valence-electron chi connectivity index (χ4n) is 4.26. The van der Waals surface area contributed by atoms with Gasteiger partial charge in [-0.3, -0.25) is 9.69 Å². The lowest BCUT2D eigenvalue weighted by Crippen LogP contribution is -2.66. The minimum Gasteiger partial charge on any atom is -0.491 e. The van der Waals surface area contributed by atoms with Gasteiger partial charge in [0.25, 0.3) is 0 Å². The number of hydrogen-bond donors (Lipinski definition) is 1. The van der Waals surface area contributed by atoms with Crippen molar-refractivity contribution in [1.82, 2.24) is 14.8 Å². The summed E-state index contributed by atoms with van der Waals surface area (Å²) < 4.78 is 37.4. The van der Waals surface area contributed by atoms with Crippen molar-refractivity contribution in [2.45, 2.75) is 50.9 Å². The molecule has 1 unspecified atom stereocenters. The number of aryl methyl sites for hydroxylation is 1. The summed E-state index contributed by atoms with van der Waals surface area (Å²) >= 11 is 7.88. The zero-order valence-corrected chi connectivity index (χ0v) is 20.8. The first-order valence-corrected chi connectivity index (χ1v) is 12.3. The fraction of sp³-hybridized carbons (Fsp3) is 0.522. The zero-order chi connectivity index (χ0) is 25.6. The van der Waals surface area contributed by atoms with Crippen LogP contribution in [0.5, 0.6) is 5.75 Å². The predicted molar refractivity (Wildman–Crippen MR) is 126 cm³/mol. The molecule has 1 atom stereocenters. The van der Waals surface area contributed by atoms with Crippen molar-refractivity contribution >= 4 is 34.8 Å². The van der Waals surface area contributed by atoms with Crippen LogP contribution in [0.3, 0.4) is 0 Å². The molecule has 1 aromatic carbocycles. The lowest BCUT2D eigenvalue weighted by Gasteiger charge is -2.57. The minimum atomic E-state index is -5.08. The number of carbonyl (C=O) groups is 2. The lowest BCUT2D eigenvalue weighted by molar-refractivity contribution is -0.192. The molecule has 0 aliphatic carbocycles. The molecule has 3 heterocycles. The Morgan fingerprint density at radius 3 is 2.54 bits per heavy atom. The van der Waals surface area contributed by atoms with E-state index in [1.807, 2.05) is 36.2 Å². The normalized spacial score (nSPS) is 20.1. The van der Waals surface area contributed by atoms with Gasteiger partial charge in [0.1, 0.15) is 5.75 Å². The first-order valence-electron chi connectivity index (χ1n) is 11.1. The molecular formula is C23H27ClF3N3O4S. The number of hydrogen-bond acceptors (Lipinski definition) is 6. The van der Waals surface area contributed by atoms with Crippen molar-refractivity contribution in [2.24, 2.45) is 0 Å². The van der Waals surface area contributed by atoms with Gasteiger partial charge in [-0.05, 0) is 38.3 Å². The highest BCUT2D eigenvalue weighted by Gasteiger charge is 2.47. The molecule has 4 rings (SSSR count). The third-order valence-corrected chi connectivity index (χ3v) is 7.30. The number of piperidine rings is 1. The Morgan fingerprint density at radius 2 is 1.97 bits per heavy atom. The van der Waals surface area contributed by atoms with Gasteiger partial charge in [-0.15, -0.1) is 11.3 Å². The summed E-state index contributed by atoms with van der Waals surface area (Å²) in [6.07, 6.45) is 0.698. The number of likely N-dealkylation sites (tertiary alicyclic amines) is 2. The molecule has 1 aromatic heterocycles. The van der Waals surface area contributed by atoms with Gasteiger partial charge in [-0.2, -0.15) is 13.2 Å². The number of rotatable bonds is 6. The summed E-state index contributed by atoms with van der Waals surface area (Å²) in [4.78, 5) is 31.9. The number of amides is 1. The number of alkyl halides is 3. The number of aromatic nitrogens is 1. The number of aliphatic carboxylic acids is 1. The Kier molecular flexibility index (Phi) is 9.00. The molecule has 2 aromatic rings. The van der Waals surface area contributed by atoms with Crippen molar-refractivity contribution in [3.63, 3.8) is 0 Å². The van der Waals surface area contributed by atoms with E-state index in [4.69, 9.17) is 26.2 Å². The van der Waals surface area contributed by atoms with Crippen molar-refractivity contribution in [3.8, 4) is 5.75 Å². The highest BCUT2D eigenvalue weighted by Crippen LogP contribution is 2.40. The van der Waals surface area contributed by atoms with Crippen LogP contribution >= 0.6 is 22.9 Å². The van der Waals surface area contributed by atoms with E-state index in [1.54, 1.807) is 17.4 Å². The summed E-state index contributed by atoms with van der Waals surface area (Å²) in [5.74, 6) is -1.95. The molecule has 0 bridgehead atoms. The van der Waals surface area contributed by atoms with E-state index in [2.05, 4.69) is 9.88 Å². The number of carboxylic acid groups (broad SMARTS) is 1. The van der Waals surface area contributed by atoms with E-state index in [1.165, 1.54) is 17.7 Å². The second-order valence-electron chi connectivity index (χ2n) is 8.49. The molecule has 12 heteroatoms. The van der Waals surface area contributed by atoms with Crippen LogP contribution in [0.4, 0.5) is 13.2 Å². The molecule has 0 saturated carbocycles. The van der Waals surface area contributed by atoms with Crippen molar-refractivity contribution in [3.05, 3.63) is 45.4 Å². The van der Waals surface area contributed by atoms with E-state index in [-0.39, 0.29) is 11.4 Å². The van der Waals surface area contributed by atoms with Crippen LogP contribution in [0.25, 0.3) is 0 Å². The molecule has 35 heavy (non-hydrogen) atoms. The standard InChI is InChI=1S/C21H26ClN3O2S.C2HF3O2/c1-16-23-13-17(28-16)14-25-11-9-21(25)8-4-10-24(15-21)20(26)7-12-27-19-6-3-2-5-18(19)22;3-2(4,5)1(6)7/h2-3,5-6,13H,4,7-12,14-15H2,1H3;(H,6,7). The van der Waals surface area contributed by atoms with Crippen molar-refractivity contribution in [2.75, 3.05) is 26.2 Å².